The van der Waals surface area contributed by atoms with Crippen molar-refractivity contribution in [3.63, 3.8) is 0 Å². The molecule has 1 saturated heterocycles. The molecular weight excluding hydrogens is 244 g/mol. The summed E-state index contributed by atoms with van der Waals surface area (Å²) in [5.41, 5.74) is 1.28. The summed E-state index contributed by atoms with van der Waals surface area (Å²) < 4.78 is 0. The number of hydrogen-bond acceptors (Lipinski definition) is 2. The zero-order valence-corrected chi connectivity index (χ0v) is 12.1. The first-order valence-electron chi connectivity index (χ1n) is 6.93. The fourth-order valence-corrected chi connectivity index (χ4v) is 2.84. The van der Waals surface area contributed by atoms with Gasteiger partial charge >= 0.3 is 0 Å². The molecule has 100 valence electrons. The van der Waals surface area contributed by atoms with Gasteiger partial charge < -0.3 is 10.2 Å². The lowest BCUT2D eigenvalue weighted by atomic mass is 10.0. The minimum absolute atomic E-state index is 0.377. The van der Waals surface area contributed by atoms with Gasteiger partial charge in [0.15, 0.2) is 0 Å². The molecule has 1 heterocycles. The number of halogens is 1. The summed E-state index contributed by atoms with van der Waals surface area (Å²) >= 11 is 6.04. The second kappa shape index (κ2) is 6.55. The average Bonchev–Trinajstić information content (AvgIpc) is 2.39. The van der Waals surface area contributed by atoms with E-state index < -0.39 is 0 Å². The molecule has 0 aliphatic carbocycles. The van der Waals surface area contributed by atoms with E-state index in [0.29, 0.717) is 12.1 Å². The molecule has 1 aromatic carbocycles. The number of piperidine rings is 1. The fraction of sp³-hybridized carbons (Fsp3) is 0.600. The first kappa shape index (κ1) is 13.9. The molecule has 18 heavy (non-hydrogen) atoms. The molecule has 0 radical (unpaired) electrons. The third-order valence-corrected chi connectivity index (χ3v) is 4.10. The molecule has 0 spiro atoms. The fourth-order valence-electron chi connectivity index (χ4n) is 2.64. The summed E-state index contributed by atoms with van der Waals surface area (Å²) in [7, 11) is 0. The second-order valence-electron chi connectivity index (χ2n) is 5.15. The Hall–Kier alpha value is -0.570. The van der Waals surface area contributed by atoms with Crippen LogP contribution in [0.4, 0.5) is 0 Å². The van der Waals surface area contributed by atoms with Crippen LogP contribution in [0.3, 0.4) is 0 Å². The number of rotatable bonds is 4. The highest BCUT2D eigenvalue weighted by molar-refractivity contribution is 6.30. The normalized spacial score (nSPS) is 19.9. The quantitative estimate of drug-likeness (QED) is 0.898. The molecule has 1 aliphatic rings. The molecule has 0 bridgehead atoms. The number of hydrogen-bond donors (Lipinski definition) is 1. The van der Waals surface area contributed by atoms with Crippen molar-refractivity contribution in [1.29, 1.82) is 0 Å². The summed E-state index contributed by atoms with van der Waals surface area (Å²) in [6, 6.07) is 9.17. The van der Waals surface area contributed by atoms with E-state index in [0.717, 1.165) is 5.02 Å². The van der Waals surface area contributed by atoms with Crippen molar-refractivity contribution in [1.82, 2.24) is 10.2 Å². The Labute approximate surface area is 115 Å². The highest BCUT2D eigenvalue weighted by Crippen LogP contribution is 2.20. The van der Waals surface area contributed by atoms with Crippen molar-refractivity contribution < 1.29 is 0 Å². The molecule has 1 atom stereocenters. The van der Waals surface area contributed by atoms with E-state index >= 15 is 0 Å². The van der Waals surface area contributed by atoms with Crippen LogP contribution in [0.2, 0.25) is 5.02 Å². The van der Waals surface area contributed by atoms with E-state index in [9.17, 15) is 0 Å². The van der Waals surface area contributed by atoms with Crippen molar-refractivity contribution >= 4 is 11.6 Å². The molecule has 1 aliphatic heterocycles. The highest BCUT2D eigenvalue weighted by Gasteiger charge is 2.19. The molecule has 0 amide bonds. The van der Waals surface area contributed by atoms with Gasteiger partial charge in [0.2, 0.25) is 0 Å². The summed E-state index contributed by atoms with van der Waals surface area (Å²) in [6.07, 6.45) is 2.50. The van der Waals surface area contributed by atoms with E-state index in [2.05, 4.69) is 36.2 Å². The summed E-state index contributed by atoms with van der Waals surface area (Å²) in [6.45, 7) is 8.07. The minimum Gasteiger partial charge on any atom is -0.307 e. The second-order valence-corrected chi connectivity index (χ2v) is 5.59. The maximum Gasteiger partial charge on any atom is 0.0409 e. The lowest BCUT2D eigenvalue weighted by Gasteiger charge is -2.33. The van der Waals surface area contributed by atoms with Gasteiger partial charge in [0.05, 0.1) is 0 Å². The molecule has 1 N–H and O–H groups in total. The third kappa shape index (κ3) is 3.71. The van der Waals surface area contributed by atoms with Crippen molar-refractivity contribution in [3.05, 3.63) is 34.9 Å². The third-order valence-electron chi connectivity index (χ3n) is 3.87. The largest absolute Gasteiger partial charge is 0.307 e. The van der Waals surface area contributed by atoms with E-state index in [-0.39, 0.29) is 0 Å². The van der Waals surface area contributed by atoms with Gasteiger partial charge in [0.1, 0.15) is 0 Å². The van der Waals surface area contributed by atoms with Crippen molar-refractivity contribution in [2.45, 2.75) is 38.8 Å². The Balaban J connectivity index is 1.86. The molecular formula is C15H23ClN2. The monoisotopic (exact) mass is 266 g/mol. The first-order chi connectivity index (χ1) is 8.69. The van der Waals surface area contributed by atoms with Crippen molar-refractivity contribution in [2.24, 2.45) is 0 Å². The lowest BCUT2D eigenvalue weighted by molar-refractivity contribution is 0.200. The van der Waals surface area contributed by atoms with E-state index in [1.54, 1.807) is 0 Å². The molecule has 1 aromatic rings. The van der Waals surface area contributed by atoms with Crippen LogP contribution in [0.25, 0.3) is 0 Å². The standard InChI is InChI=1S/C15H23ClN2/c1-3-18-9-7-15(8-10-18)17-12(2)13-5-4-6-14(16)11-13/h4-6,11-12,15,17H,3,7-10H2,1-2H3. The van der Waals surface area contributed by atoms with Crippen molar-refractivity contribution in [2.75, 3.05) is 19.6 Å². The maximum atomic E-state index is 6.04. The average molecular weight is 267 g/mol. The SMILES string of the molecule is CCN1CCC(NC(C)c2cccc(Cl)c2)CC1. The number of benzene rings is 1. The summed E-state index contributed by atoms with van der Waals surface area (Å²) in [5.74, 6) is 0. The van der Waals surface area contributed by atoms with Crippen LogP contribution in [0, 0.1) is 0 Å². The van der Waals surface area contributed by atoms with Crippen LogP contribution >= 0.6 is 11.6 Å². The van der Waals surface area contributed by atoms with E-state index in [1.165, 1.54) is 38.0 Å². The van der Waals surface area contributed by atoms with Crippen LogP contribution in [0.1, 0.15) is 38.3 Å². The van der Waals surface area contributed by atoms with Crippen LogP contribution in [0.15, 0.2) is 24.3 Å². The van der Waals surface area contributed by atoms with Crippen LogP contribution in [0.5, 0.6) is 0 Å². The van der Waals surface area contributed by atoms with E-state index in [1.807, 2.05) is 12.1 Å². The molecule has 1 fully saturated rings. The van der Waals surface area contributed by atoms with Gasteiger partial charge in [-0.25, -0.2) is 0 Å². The molecule has 2 rings (SSSR count). The maximum absolute atomic E-state index is 6.04. The minimum atomic E-state index is 0.377. The van der Waals surface area contributed by atoms with Crippen LogP contribution < -0.4 is 5.32 Å². The Kier molecular flexibility index (Phi) is 5.04. The topological polar surface area (TPSA) is 15.3 Å². The molecule has 0 saturated carbocycles. The first-order valence-corrected chi connectivity index (χ1v) is 7.30. The summed E-state index contributed by atoms with van der Waals surface area (Å²) in [5, 5.41) is 4.54. The van der Waals surface area contributed by atoms with Gasteiger partial charge in [0.25, 0.3) is 0 Å². The van der Waals surface area contributed by atoms with Gasteiger partial charge in [-0.3, -0.25) is 0 Å². The lowest BCUT2D eigenvalue weighted by Crippen LogP contribution is -2.43. The Morgan fingerprint density at radius 1 is 1.39 bits per heavy atom. The van der Waals surface area contributed by atoms with Gasteiger partial charge in [-0.1, -0.05) is 30.7 Å². The van der Waals surface area contributed by atoms with Crippen molar-refractivity contribution in [3.8, 4) is 0 Å². The zero-order chi connectivity index (χ0) is 13.0. The number of likely N-dealkylation sites (tertiary alicyclic amines) is 1. The zero-order valence-electron chi connectivity index (χ0n) is 11.3. The van der Waals surface area contributed by atoms with Gasteiger partial charge in [-0.15, -0.1) is 0 Å². The van der Waals surface area contributed by atoms with Gasteiger partial charge in [-0.2, -0.15) is 0 Å². The van der Waals surface area contributed by atoms with Gasteiger partial charge in [-0.05, 0) is 57.1 Å². The molecule has 3 heteroatoms. The summed E-state index contributed by atoms with van der Waals surface area (Å²) in [4.78, 5) is 2.52. The van der Waals surface area contributed by atoms with Gasteiger partial charge in [0, 0.05) is 17.1 Å². The molecule has 2 nitrogen and oxygen atoms in total. The predicted octanol–water partition coefficient (Wildman–Crippen LogP) is 3.47. The molecule has 0 aromatic heterocycles. The Morgan fingerprint density at radius 2 is 2.11 bits per heavy atom. The van der Waals surface area contributed by atoms with Crippen LogP contribution in [-0.2, 0) is 0 Å². The number of nitrogens with zero attached hydrogens (tertiary/aromatic N) is 1. The number of nitrogens with one attached hydrogen (secondary N) is 1. The van der Waals surface area contributed by atoms with Crippen LogP contribution in [-0.4, -0.2) is 30.6 Å². The smallest absolute Gasteiger partial charge is 0.0409 e. The Morgan fingerprint density at radius 3 is 2.72 bits per heavy atom. The van der Waals surface area contributed by atoms with E-state index in [4.69, 9.17) is 11.6 Å². The Bertz CT molecular complexity index is 373. The predicted molar refractivity (Wildman–Crippen MR) is 78.1 cm³/mol. The highest BCUT2D eigenvalue weighted by atomic mass is 35.5. The molecule has 1 unspecified atom stereocenters.